The largest absolute Gasteiger partial charge is 0.497 e. The molecular formula is C25H32BrN3O2. The second-order valence-corrected chi connectivity index (χ2v) is 9.81. The Balaban J connectivity index is 1.26. The van der Waals surface area contributed by atoms with Crippen LogP contribution in [0.15, 0.2) is 53.0 Å². The number of nitrogens with two attached hydrogens (primary N) is 1. The highest BCUT2D eigenvalue weighted by Gasteiger charge is 2.47. The van der Waals surface area contributed by atoms with E-state index < -0.39 is 0 Å². The first-order valence-electron chi connectivity index (χ1n) is 11.1. The fourth-order valence-corrected chi connectivity index (χ4v) is 5.13. The van der Waals surface area contributed by atoms with Gasteiger partial charge in [0.05, 0.1) is 12.5 Å². The Morgan fingerprint density at radius 2 is 1.68 bits per heavy atom. The van der Waals surface area contributed by atoms with Crippen molar-refractivity contribution in [3.8, 4) is 5.75 Å². The fraction of sp³-hybridized carbons (Fsp3) is 0.480. The van der Waals surface area contributed by atoms with Crippen molar-refractivity contribution in [2.75, 3.05) is 33.3 Å². The topological polar surface area (TPSA) is 58.8 Å². The van der Waals surface area contributed by atoms with Crippen LogP contribution >= 0.6 is 15.9 Å². The van der Waals surface area contributed by atoms with E-state index in [1.54, 1.807) is 7.11 Å². The van der Waals surface area contributed by atoms with Crippen molar-refractivity contribution in [1.82, 2.24) is 9.80 Å². The van der Waals surface area contributed by atoms with Crippen LogP contribution in [0, 0.1) is 5.41 Å². The van der Waals surface area contributed by atoms with Gasteiger partial charge in [-0.25, -0.2) is 0 Å². The van der Waals surface area contributed by atoms with Crippen molar-refractivity contribution >= 4 is 21.8 Å². The number of methoxy groups -OCH3 is 1. The van der Waals surface area contributed by atoms with E-state index >= 15 is 0 Å². The lowest BCUT2D eigenvalue weighted by Gasteiger charge is -2.38. The van der Waals surface area contributed by atoms with Gasteiger partial charge in [0.2, 0.25) is 5.91 Å². The molecule has 2 N–H and O–H groups in total. The van der Waals surface area contributed by atoms with E-state index in [-0.39, 0.29) is 11.5 Å². The van der Waals surface area contributed by atoms with Crippen LogP contribution in [0.2, 0.25) is 0 Å². The Hall–Kier alpha value is -1.89. The Morgan fingerprint density at radius 3 is 2.32 bits per heavy atom. The summed E-state index contributed by atoms with van der Waals surface area (Å²) in [6.45, 7) is 4.52. The van der Waals surface area contributed by atoms with E-state index in [1.165, 1.54) is 5.56 Å². The van der Waals surface area contributed by atoms with Crippen LogP contribution in [0.25, 0.3) is 0 Å². The molecule has 1 amide bonds. The normalized spacial score (nSPS) is 19.7. The number of halogens is 1. The summed E-state index contributed by atoms with van der Waals surface area (Å²) in [5.74, 6) is 1.21. The van der Waals surface area contributed by atoms with Gasteiger partial charge in [0, 0.05) is 23.6 Å². The van der Waals surface area contributed by atoms with Gasteiger partial charge in [0.1, 0.15) is 5.75 Å². The third-order valence-electron chi connectivity index (χ3n) is 7.00. The lowest BCUT2D eigenvalue weighted by molar-refractivity contribution is -0.138. The van der Waals surface area contributed by atoms with E-state index in [2.05, 4.69) is 37.9 Å². The summed E-state index contributed by atoms with van der Waals surface area (Å²) < 4.78 is 6.29. The number of hydrogen-bond acceptors (Lipinski definition) is 4. The molecule has 1 unspecified atom stereocenters. The molecule has 1 spiro atoms. The Kier molecular flexibility index (Phi) is 6.99. The summed E-state index contributed by atoms with van der Waals surface area (Å²) >= 11 is 3.48. The molecule has 2 aliphatic rings. The minimum atomic E-state index is -0.149. The van der Waals surface area contributed by atoms with E-state index in [9.17, 15) is 4.79 Å². The van der Waals surface area contributed by atoms with Gasteiger partial charge in [0.25, 0.3) is 0 Å². The van der Waals surface area contributed by atoms with Gasteiger partial charge in [-0.3, -0.25) is 4.79 Å². The third-order valence-corrected chi connectivity index (χ3v) is 7.53. The molecule has 2 heterocycles. The molecule has 166 valence electrons. The number of carbonyl (C=O) groups excluding carboxylic acids is 1. The molecule has 5 nitrogen and oxygen atoms in total. The molecule has 4 rings (SSSR count). The minimum Gasteiger partial charge on any atom is -0.497 e. The van der Waals surface area contributed by atoms with Crippen molar-refractivity contribution < 1.29 is 9.53 Å². The average molecular weight is 486 g/mol. The van der Waals surface area contributed by atoms with Crippen LogP contribution in [0.4, 0.5) is 0 Å². The Bertz CT molecular complexity index is 877. The van der Waals surface area contributed by atoms with Gasteiger partial charge in [-0.05, 0) is 80.7 Å². The van der Waals surface area contributed by atoms with Gasteiger partial charge in [0.15, 0.2) is 0 Å². The number of hydrogen-bond donors (Lipinski definition) is 1. The number of rotatable bonds is 7. The van der Waals surface area contributed by atoms with Gasteiger partial charge >= 0.3 is 0 Å². The zero-order chi connectivity index (χ0) is 21.8. The van der Waals surface area contributed by atoms with Crippen LogP contribution in [0.1, 0.15) is 42.9 Å². The third kappa shape index (κ3) is 5.13. The lowest BCUT2D eigenvalue weighted by atomic mass is 9.77. The number of nitrogens with zero attached hydrogens (tertiary/aromatic N) is 2. The molecule has 0 aliphatic carbocycles. The maximum atomic E-state index is 13.2. The Labute approximate surface area is 193 Å². The molecule has 2 aliphatic heterocycles. The summed E-state index contributed by atoms with van der Waals surface area (Å²) in [6.07, 6.45) is 3.82. The molecule has 0 saturated carbocycles. The second-order valence-electron chi connectivity index (χ2n) is 8.89. The molecule has 0 bridgehead atoms. The monoisotopic (exact) mass is 485 g/mol. The average Bonchev–Trinajstić information content (AvgIpc) is 3.10. The molecule has 2 aromatic carbocycles. The summed E-state index contributed by atoms with van der Waals surface area (Å²) in [4.78, 5) is 17.8. The highest BCUT2D eigenvalue weighted by Crippen LogP contribution is 2.42. The summed E-state index contributed by atoms with van der Waals surface area (Å²) in [5.41, 5.74) is 8.60. The van der Waals surface area contributed by atoms with Crippen molar-refractivity contribution in [3.63, 3.8) is 0 Å². The molecule has 6 heteroatoms. The first kappa shape index (κ1) is 22.3. The van der Waals surface area contributed by atoms with Gasteiger partial charge in [-0.1, -0.05) is 40.2 Å². The Morgan fingerprint density at radius 1 is 1.03 bits per heavy atom. The van der Waals surface area contributed by atoms with Crippen LogP contribution < -0.4 is 10.5 Å². The minimum absolute atomic E-state index is 0.0244. The molecule has 2 aromatic rings. The first-order chi connectivity index (χ1) is 15.0. The molecule has 1 atom stereocenters. The maximum Gasteiger partial charge on any atom is 0.229 e. The summed E-state index contributed by atoms with van der Waals surface area (Å²) in [6, 6.07) is 16.3. The number of piperidine rings is 1. The van der Waals surface area contributed by atoms with E-state index in [4.69, 9.17) is 10.5 Å². The van der Waals surface area contributed by atoms with Crippen LogP contribution in [-0.4, -0.2) is 49.0 Å². The van der Waals surface area contributed by atoms with Crippen molar-refractivity contribution in [2.45, 2.75) is 38.3 Å². The van der Waals surface area contributed by atoms with Gasteiger partial charge < -0.3 is 20.3 Å². The first-order valence-corrected chi connectivity index (χ1v) is 11.9. The summed E-state index contributed by atoms with van der Waals surface area (Å²) in [5, 5.41) is 0. The maximum absolute atomic E-state index is 13.2. The SMILES string of the molecule is COc1ccc(C(N)CCN2CCC3(CC2)CCN(Cc2ccc(Br)cc2)C3=O)cc1. The predicted octanol–water partition coefficient (Wildman–Crippen LogP) is 4.36. The highest BCUT2D eigenvalue weighted by molar-refractivity contribution is 9.10. The number of ether oxygens (including phenoxy) is 1. The molecule has 31 heavy (non-hydrogen) atoms. The van der Waals surface area contributed by atoms with Crippen LogP contribution in [0.3, 0.4) is 0 Å². The fourth-order valence-electron chi connectivity index (χ4n) is 4.86. The van der Waals surface area contributed by atoms with Gasteiger partial charge in [-0.2, -0.15) is 0 Å². The smallest absolute Gasteiger partial charge is 0.229 e. The van der Waals surface area contributed by atoms with Gasteiger partial charge in [-0.15, -0.1) is 0 Å². The van der Waals surface area contributed by atoms with Crippen molar-refractivity contribution in [3.05, 3.63) is 64.1 Å². The second kappa shape index (κ2) is 9.72. The number of benzene rings is 2. The lowest BCUT2D eigenvalue weighted by Crippen LogP contribution is -2.45. The van der Waals surface area contributed by atoms with E-state index in [0.29, 0.717) is 12.5 Å². The van der Waals surface area contributed by atoms with Crippen LogP contribution in [0.5, 0.6) is 5.75 Å². The highest BCUT2D eigenvalue weighted by atomic mass is 79.9. The standard InChI is InChI=1S/C25H32BrN3O2/c1-31-22-8-4-20(5-9-22)23(27)10-14-28-15-11-25(12-16-28)13-17-29(24(25)30)18-19-2-6-21(26)7-3-19/h2-9,23H,10-18,27H2,1H3. The summed E-state index contributed by atoms with van der Waals surface area (Å²) in [7, 11) is 1.67. The van der Waals surface area contributed by atoms with Crippen LogP contribution in [-0.2, 0) is 11.3 Å². The van der Waals surface area contributed by atoms with Crippen molar-refractivity contribution in [2.24, 2.45) is 11.1 Å². The molecule has 2 fully saturated rings. The van der Waals surface area contributed by atoms with E-state index in [1.807, 2.05) is 36.4 Å². The predicted molar refractivity (Wildman–Crippen MR) is 127 cm³/mol. The molecular weight excluding hydrogens is 454 g/mol. The number of carbonyl (C=O) groups is 1. The zero-order valence-corrected chi connectivity index (χ0v) is 19.8. The van der Waals surface area contributed by atoms with Crippen molar-refractivity contribution in [1.29, 1.82) is 0 Å². The molecule has 0 aromatic heterocycles. The molecule has 2 saturated heterocycles. The number of likely N-dealkylation sites (tertiary alicyclic amines) is 2. The van der Waals surface area contributed by atoms with E-state index in [0.717, 1.165) is 67.6 Å². The quantitative estimate of drug-likeness (QED) is 0.632. The molecule has 0 radical (unpaired) electrons. The zero-order valence-electron chi connectivity index (χ0n) is 18.2. The number of amides is 1.